The van der Waals surface area contributed by atoms with E-state index in [9.17, 15) is 8.42 Å². The summed E-state index contributed by atoms with van der Waals surface area (Å²) in [6.45, 7) is 6.53. The lowest BCUT2D eigenvalue weighted by Gasteiger charge is -2.03. The first-order valence-electron chi connectivity index (χ1n) is 6.80. The lowest BCUT2D eigenvalue weighted by atomic mass is 10.3. The zero-order valence-electron chi connectivity index (χ0n) is 11.5. The van der Waals surface area contributed by atoms with Crippen molar-refractivity contribution in [3.05, 3.63) is 17.0 Å². The molecule has 1 saturated carbocycles. The van der Waals surface area contributed by atoms with Gasteiger partial charge in [0.05, 0.1) is 0 Å². The van der Waals surface area contributed by atoms with Crippen LogP contribution in [0.4, 0.5) is 0 Å². The maximum Gasteiger partial charge on any atom is 0.250 e. The van der Waals surface area contributed by atoms with Crippen molar-refractivity contribution in [1.29, 1.82) is 0 Å². The number of nitrogens with one attached hydrogen (secondary N) is 2. The van der Waals surface area contributed by atoms with Crippen LogP contribution in [0, 0.1) is 11.8 Å². The van der Waals surface area contributed by atoms with Gasteiger partial charge in [0.15, 0.2) is 0 Å². The highest BCUT2D eigenvalue weighted by Gasteiger charge is 2.33. The van der Waals surface area contributed by atoms with E-state index in [4.69, 9.17) is 0 Å². The zero-order valence-corrected chi connectivity index (χ0v) is 13.1. The van der Waals surface area contributed by atoms with Gasteiger partial charge in [-0.05, 0) is 48.2 Å². The third-order valence-corrected chi connectivity index (χ3v) is 6.37. The van der Waals surface area contributed by atoms with Crippen molar-refractivity contribution in [2.75, 3.05) is 13.1 Å². The molecule has 0 aromatic carbocycles. The summed E-state index contributed by atoms with van der Waals surface area (Å²) in [5, 5.41) is 5.19. The molecular formula is C13H22N2O2S2. The van der Waals surface area contributed by atoms with Crippen LogP contribution < -0.4 is 10.0 Å². The number of hydrogen-bond acceptors (Lipinski definition) is 4. The van der Waals surface area contributed by atoms with Crippen molar-refractivity contribution in [3.8, 4) is 0 Å². The number of rotatable bonds is 8. The Bertz CT molecular complexity index is 510. The smallest absolute Gasteiger partial charge is 0.250 e. The molecule has 1 fully saturated rings. The summed E-state index contributed by atoms with van der Waals surface area (Å²) in [6.07, 6.45) is 2.22. The van der Waals surface area contributed by atoms with Crippen molar-refractivity contribution in [2.24, 2.45) is 11.8 Å². The van der Waals surface area contributed by atoms with Crippen LogP contribution in [0.2, 0.25) is 0 Å². The Morgan fingerprint density at radius 3 is 2.84 bits per heavy atom. The molecule has 6 heteroatoms. The third-order valence-electron chi connectivity index (χ3n) is 3.46. The molecule has 0 aliphatic heterocycles. The van der Waals surface area contributed by atoms with Crippen molar-refractivity contribution < 1.29 is 8.42 Å². The van der Waals surface area contributed by atoms with Gasteiger partial charge in [0.2, 0.25) is 10.0 Å². The minimum Gasteiger partial charge on any atom is -0.313 e. The van der Waals surface area contributed by atoms with E-state index in [1.54, 1.807) is 6.07 Å². The average molecular weight is 302 g/mol. The molecule has 2 rings (SSSR count). The zero-order chi connectivity index (χ0) is 13.9. The SMILES string of the molecule is CCCNCc1csc(S(=O)(=O)NCC2CC2C)c1. The summed E-state index contributed by atoms with van der Waals surface area (Å²) in [5.74, 6) is 1.19. The number of sulfonamides is 1. The van der Waals surface area contributed by atoms with Gasteiger partial charge in [-0.15, -0.1) is 11.3 Å². The van der Waals surface area contributed by atoms with Crippen molar-refractivity contribution >= 4 is 21.4 Å². The van der Waals surface area contributed by atoms with Crippen LogP contribution in [0.5, 0.6) is 0 Å². The summed E-state index contributed by atoms with van der Waals surface area (Å²) < 4.78 is 27.3. The second-order valence-electron chi connectivity index (χ2n) is 5.28. The van der Waals surface area contributed by atoms with Crippen molar-refractivity contribution in [2.45, 2.75) is 37.4 Å². The lowest BCUT2D eigenvalue weighted by Crippen LogP contribution is -2.25. The van der Waals surface area contributed by atoms with E-state index in [0.29, 0.717) is 22.6 Å². The standard InChI is InChI=1S/C13H22N2O2S2/c1-3-4-14-7-11-6-13(18-9-11)19(16,17)15-8-12-5-10(12)2/h6,9-10,12,14-15H,3-5,7-8H2,1-2H3. The second-order valence-corrected chi connectivity index (χ2v) is 8.18. The van der Waals surface area contributed by atoms with E-state index in [0.717, 1.165) is 31.5 Å². The number of thiophene rings is 1. The molecule has 1 aromatic heterocycles. The van der Waals surface area contributed by atoms with Gasteiger partial charge < -0.3 is 5.32 Å². The second kappa shape index (κ2) is 6.35. The van der Waals surface area contributed by atoms with Crippen molar-refractivity contribution in [1.82, 2.24) is 10.0 Å². The van der Waals surface area contributed by atoms with Gasteiger partial charge >= 0.3 is 0 Å². The van der Waals surface area contributed by atoms with E-state index in [1.165, 1.54) is 11.3 Å². The summed E-state index contributed by atoms with van der Waals surface area (Å²) in [7, 11) is -3.31. The fourth-order valence-electron chi connectivity index (χ4n) is 1.97. The molecule has 1 aliphatic carbocycles. The molecule has 2 unspecified atom stereocenters. The Balaban J connectivity index is 1.88. The first-order valence-corrected chi connectivity index (χ1v) is 9.17. The first kappa shape index (κ1) is 15.0. The quantitative estimate of drug-likeness (QED) is 0.724. The molecule has 0 amide bonds. The van der Waals surface area contributed by atoms with Gasteiger partial charge in [-0.2, -0.15) is 0 Å². The first-order chi connectivity index (χ1) is 9.03. The molecule has 1 aromatic rings. The van der Waals surface area contributed by atoms with Gasteiger partial charge in [0, 0.05) is 13.1 Å². The molecule has 19 heavy (non-hydrogen) atoms. The Hall–Kier alpha value is -0.430. The van der Waals surface area contributed by atoms with Crippen LogP contribution in [0.15, 0.2) is 15.7 Å². The predicted octanol–water partition coefficient (Wildman–Crippen LogP) is 2.18. The van der Waals surface area contributed by atoms with Crippen molar-refractivity contribution in [3.63, 3.8) is 0 Å². The molecule has 1 heterocycles. The van der Waals surface area contributed by atoms with E-state index >= 15 is 0 Å². The highest BCUT2D eigenvalue weighted by molar-refractivity contribution is 7.91. The van der Waals surface area contributed by atoms with Gasteiger partial charge in [0.25, 0.3) is 0 Å². The minimum absolute atomic E-state index is 0.425. The monoisotopic (exact) mass is 302 g/mol. The molecular weight excluding hydrogens is 280 g/mol. The summed E-state index contributed by atoms with van der Waals surface area (Å²) in [6, 6.07) is 1.77. The van der Waals surface area contributed by atoms with Gasteiger partial charge in [-0.3, -0.25) is 0 Å². The Morgan fingerprint density at radius 1 is 1.47 bits per heavy atom. The third kappa shape index (κ3) is 4.27. The molecule has 0 saturated heterocycles. The molecule has 2 atom stereocenters. The topological polar surface area (TPSA) is 58.2 Å². The van der Waals surface area contributed by atoms with Crippen LogP contribution in [-0.4, -0.2) is 21.5 Å². The normalized spacial score (nSPS) is 22.6. The molecule has 0 radical (unpaired) electrons. The molecule has 1 aliphatic rings. The largest absolute Gasteiger partial charge is 0.313 e. The fourth-order valence-corrected chi connectivity index (χ4v) is 4.32. The van der Waals surface area contributed by atoms with Crippen LogP contribution >= 0.6 is 11.3 Å². The molecule has 4 nitrogen and oxygen atoms in total. The maximum atomic E-state index is 12.1. The van der Waals surface area contributed by atoms with Gasteiger partial charge in [-0.25, -0.2) is 13.1 Å². The molecule has 2 N–H and O–H groups in total. The Kier molecular flexibility index (Phi) is 5.00. The summed E-state index contributed by atoms with van der Waals surface area (Å²) in [4.78, 5) is 0. The molecule has 108 valence electrons. The van der Waals surface area contributed by atoms with Gasteiger partial charge in [0.1, 0.15) is 4.21 Å². The minimum atomic E-state index is -3.31. The fraction of sp³-hybridized carbons (Fsp3) is 0.692. The summed E-state index contributed by atoms with van der Waals surface area (Å²) in [5.41, 5.74) is 1.04. The van der Waals surface area contributed by atoms with Crippen LogP contribution in [-0.2, 0) is 16.6 Å². The van der Waals surface area contributed by atoms with Gasteiger partial charge in [-0.1, -0.05) is 13.8 Å². The predicted molar refractivity (Wildman–Crippen MR) is 78.8 cm³/mol. The van der Waals surface area contributed by atoms with E-state index in [1.807, 2.05) is 5.38 Å². The van der Waals surface area contributed by atoms with Crippen LogP contribution in [0.3, 0.4) is 0 Å². The summed E-state index contributed by atoms with van der Waals surface area (Å²) >= 11 is 1.30. The molecule has 0 bridgehead atoms. The number of hydrogen-bond donors (Lipinski definition) is 2. The van der Waals surface area contributed by atoms with E-state index in [2.05, 4.69) is 23.9 Å². The van der Waals surface area contributed by atoms with E-state index < -0.39 is 10.0 Å². The average Bonchev–Trinajstić information content (AvgIpc) is 2.88. The van der Waals surface area contributed by atoms with E-state index in [-0.39, 0.29) is 0 Å². The highest BCUT2D eigenvalue weighted by Crippen LogP contribution is 2.37. The maximum absolute atomic E-state index is 12.1. The van der Waals surface area contributed by atoms with Crippen LogP contribution in [0.25, 0.3) is 0 Å². The lowest BCUT2D eigenvalue weighted by molar-refractivity contribution is 0.576. The highest BCUT2D eigenvalue weighted by atomic mass is 32.2. The Labute approximate surface area is 119 Å². The Morgan fingerprint density at radius 2 is 2.21 bits per heavy atom. The molecule has 0 spiro atoms. The van der Waals surface area contributed by atoms with Crippen LogP contribution in [0.1, 0.15) is 32.3 Å².